The standard InChI is InChI=1S/C33H33N3O2S/c1-6-24-8-12-27(13-9-24)34-33-36(29-14-10-25(7-2)11-15-29)32(37)31(39-33)21-26-20-22(3)35(23(26)4)28-16-18-30(38-5)19-17-28/h8-21H,6-7H2,1-5H3/b31-21-,34-33?. The zero-order valence-corrected chi connectivity index (χ0v) is 23.9. The van der Waals surface area contributed by atoms with E-state index in [1.54, 1.807) is 12.0 Å². The molecule has 0 spiro atoms. The molecular formula is C33H33N3O2S. The number of rotatable bonds is 7. The zero-order valence-electron chi connectivity index (χ0n) is 23.1. The van der Waals surface area contributed by atoms with Gasteiger partial charge in [-0.25, -0.2) is 4.99 Å². The number of thioether (sulfide) groups is 1. The summed E-state index contributed by atoms with van der Waals surface area (Å²) in [5, 5.41) is 0.656. The first-order valence-corrected chi connectivity index (χ1v) is 14.1. The zero-order chi connectivity index (χ0) is 27.5. The van der Waals surface area contributed by atoms with Gasteiger partial charge in [0.1, 0.15) is 5.75 Å². The second-order valence-electron chi connectivity index (χ2n) is 9.55. The van der Waals surface area contributed by atoms with E-state index in [0.717, 1.165) is 52.6 Å². The van der Waals surface area contributed by atoms with Gasteiger partial charge in [-0.05, 0) is 116 Å². The maximum Gasteiger partial charge on any atom is 0.271 e. The highest BCUT2D eigenvalue weighted by Crippen LogP contribution is 2.38. The number of methoxy groups -OCH3 is 1. The molecule has 0 aliphatic carbocycles. The molecule has 5 rings (SSSR count). The van der Waals surface area contributed by atoms with Crippen LogP contribution in [-0.2, 0) is 17.6 Å². The molecule has 1 saturated heterocycles. The van der Waals surface area contributed by atoms with E-state index < -0.39 is 0 Å². The summed E-state index contributed by atoms with van der Waals surface area (Å²) < 4.78 is 7.52. The summed E-state index contributed by atoms with van der Waals surface area (Å²) in [5.41, 5.74) is 8.36. The van der Waals surface area contributed by atoms with E-state index in [0.29, 0.717) is 10.1 Å². The third-order valence-electron chi connectivity index (χ3n) is 7.07. The molecule has 6 heteroatoms. The average molecular weight is 536 g/mol. The first-order chi connectivity index (χ1) is 18.9. The van der Waals surface area contributed by atoms with Gasteiger partial charge in [0, 0.05) is 17.1 Å². The van der Waals surface area contributed by atoms with Crippen molar-refractivity contribution in [3.63, 3.8) is 0 Å². The monoisotopic (exact) mass is 535 g/mol. The van der Waals surface area contributed by atoms with Gasteiger partial charge in [-0.15, -0.1) is 0 Å². The lowest BCUT2D eigenvalue weighted by atomic mass is 10.1. The van der Waals surface area contributed by atoms with Crippen molar-refractivity contribution < 1.29 is 9.53 Å². The fraction of sp³-hybridized carbons (Fsp3) is 0.212. The molecule has 0 radical (unpaired) electrons. The number of hydrogen-bond acceptors (Lipinski definition) is 4. The van der Waals surface area contributed by atoms with Crippen molar-refractivity contribution in [2.45, 2.75) is 40.5 Å². The number of aliphatic imine (C=N–C) groups is 1. The number of ether oxygens (including phenoxy) is 1. The third-order valence-corrected chi connectivity index (χ3v) is 8.03. The summed E-state index contributed by atoms with van der Waals surface area (Å²) in [6, 6.07) is 26.5. The van der Waals surface area contributed by atoms with Crippen LogP contribution in [0, 0.1) is 13.8 Å². The van der Waals surface area contributed by atoms with Crippen molar-refractivity contribution >= 4 is 40.3 Å². The predicted octanol–water partition coefficient (Wildman–Crippen LogP) is 8.04. The van der Waals surface area contributed by atoms with Gasteiger partial charge in [-0.1, -0.05) is 38.1 Å². The minimum atomic E-state index is -0.0672. The number of anilines is 1. The van der Waals surface area contributed by atoms with Gasteiger partial charge >= 0.3 is 0 Å². The molecule has 0 saturated carbocycles. The van der Waals surface area contributed by atoms with Crippen molar-refractivity contribution in [2.24, 2.45) is 4.99 Å². The number of hydrogen-bond donors (Lipinski definition) is 0. The molecule has 1 aliphatic heterocycles. The molecule has 1 aromatic heterocycles. The molecule has 1 aliphatic rings. The molecule has 3 aromatic carbocycles. The van der Waals surface area contributed by atoms with E-state index in [2.05, 4.69) is 62.6 Å². The Bertz CT molecular complexity index is 1550. The number of aryl methyl sites for hydroxylation is 3. The predicted molar refractivity (Wildman–Crippen MR) is 164 cm³/mol. The number of nitrogens with zero attached hydrogens (tertiary/aromatic N) is 3. The van der Waals surface area contributed by atoms with Crippen LogP contribution in [0.15, 0.2) is 88.8 Å². The van der Waals surface area contributed by atoms with Crippen molar-refractivity contribution in [3.05, 3.63) is 112 Å². The molecule has 1 amide bonds. The van der Waals surface area contributed by atoms with Gasteiger partial charge in [0.2, 0.25) is 0 Å². The van der Waals surface area contributed by atoms with Gasteiger partial charge in [-0.2, -0.15) is 0 Å². The van der Waals surface area contributed by atoms with Crippen LogP contribution in [0.4, 0.5) is 11.4 Å². The molecular weight excluding hydrogens is 502 g/mol. The fourth-order valence-corrected chi connectivity index (χ4v) is 5.77. The van der Waals surface area contributed by atoms with E-state index >= 15 is 0 Å². The van der Waals surface area contributed by atoms with Crippen LogP contribution < -0.4 is 9.64 Å². The highest BCUT2D eigenvalue weighted by atomic mass is 32.2. The number of amides is 1. The number of benzene rings is 3. The Kier molecular flexibility index (Phi) is 7.75. The topological polar surface area (TPSA) is 46.8 Å². The normalized spacial score (nSPS) is 15.5. The Morgan fingerprint density at radius 2 is 1.44 bits per heavy atom. The largest absolute Gasteiger partial charge is 0.497 e. The molecule has 0 unspecified atom stereocenters. The highest BCUT2D eigenvalue weighted by Gasteiger charge is 2.35. The lowest BCUT2D eigenvalue weighted by Gasteiger charge is -2.16. The van der Waals surface area contributed by atoms with Gasteiger partial charge in [0.15, 0.2) is 5.17 Å². The van der Waals surface area contributed by atoms with E-state index in [-0.39, 0.29) is 5.91 Å². The van der Waals surface area contributed by atoms with E-state index in [4.69, 9.17) is 9.73 Å². The fourth-order valence-electron chi connectivity index (χ4n) is 4.78. The van der Waals surface area contributed by atoms with Gasteiger partial charge in [-0.3, -0.25) is 9.69 Å². The van der Waals surface area contributed by atoms with Crippen LogP contribution >= 0.6 is 11.8 Å². The second-order valence-corrected chi connectivity index (χ2v) is 10.6. The summed E-state index contributed by atoms with van der Waals surface area (Å²) in [5.74, 6) is 0.752. The molecule has 1 fully saturated rings. The number of amidine groups is 1. The molecule has 0 N–H and O–H groups in total. The molecule has 0 bridgehead atoms. The van der Waals surface area contributed by atoms with Gasteiger partial charge < -0.3 is 9.30 Å². The van der Waals surface area contributed by atoms with Crippen LogP contribution in [0.1, 0.15) is 41.9 Å². The molecule has 2 heterocycles. The first-order valence-electron chi connectivity index (χ1n) is 13.3. The van der Waals surface area contributed by atoms with Crippen molar-refractivity contribution in [2.75, 3.05) is 12.0 Å². The number of carbonyl (C=O) groups is 1. The highest BCUT2D eigenvalue weighted by molar-refractivity contribution is 8.19. The van der Waals surface area contributed by atoms with Crippen molar-refractivity contribution in [3.8, 4) is 11.4 Å². The molecule has 39 heavy (non-hydrogen) atoms. The van der Waals surface area contributed by atoms with Crippen LogP contribution in [0.25, 0.3) is 11.8 Å². The molecule has 5 nitrogen and oxygen atoms in total. The molecule has 4 aromatic rings. The Balaban J connectivity index is 1.54. The van der Waals surface area contributed by atoms with E-state index in [1.807, 2.05) is 54.6 Å². The summed E-state index contributed by atoms with van der Waals surface area (Å²) in [6.45, 7) is 8.43. The summed E-state index contributed by atoms with van der Waals surface area (Å²) in [4.78, 5) is 21.1. The average Bonchev–Trinajstić information content (AvgIpc) is 3.42. The number of carbonyl (C=O) groups excluding carboxylic acids is 1. The summed E-state index contributed by atoms with van der Waals surface area (Å²) in [7, 11) is 1.67. The quantitative estimate of drug-likeness (QED) is 0.225. The van der Waals surface area contributed by atoms with Crippen LogP contribution in [0.3, 0.4) is 0 Å². The summed E-state index contributed by atoms with van der Waals surface area (Å²) in [6.07, 6.45) is 3.91. The van der Waals surface area contributed by atoms with E-state index in [9.17, 15) is 4.79 Å². The SMILES string of the molecule is CCc1ccc(N=C2S/C(=C\c3cc(C)n(-c4ccc(OC)cc4)c3C)C(=O)N2c2ccc(CC)cc2)cc1. The lowest BCUT2D eigenvalue weighted by Crippen LogP contribution is -2.28. The van der Waals surface area contributed by atoms with E-state index in [1.165, 1.54) is 22.9 Å². The van der Waals surface area contributed by atoms with Crippen LogP contribution in [-0.4, -0.2) is 22.8 Å². The number of aromatic nitrogens is 1. The van der Waals surface area contributed by atoms with Gasteiger partial charge in [0.05, 0.1) is 23.4 Å². The third kappa shape index (κ3) is 5.43. The minimum absolute atomic E-state index is 0.0672. The second kappa shape index (κ2) is 11.4. The lowest BCUT2D eigenvalue weighted by molar-refractivity contribution is -0.113. The molecule has 198 valence electrons. The van der Waals surface area contributed by atoms with Crippen molar-refractivity contribution in [1.82, 2.24) is 4.57 Å². The first kappa shape index (κ1) is 26.6. The minimum Gasteiger partial charge on any atom is -0.497 e. The summed E-state index contributed by atoms with van der Waals surface area (Å²) >= 11 is 1.42. The molecule has 0 atom stereocenters. The van der Waals surface area contributed by atoms with Gasteiger partial charge in [0.25, 0.3) is 5.91 Å². The Hall–Kier alpha value is -4.03. The Morgan fingerprint density at radius 3 is 2.03 bits per heavy atom. The Labute approximate surface area is 234 Å². The smallest absolute Gasteiger partial charge is 0.271 e. The maximum absolute atomic E-state index is 13.8. The van der Waals surface area contributed by atoms with Crippen LogP contribution in [0.2, 0.25) is 0 Å². The maximum atomic E-state index is 13.8. The van der Waals surface area contributed by atoms with Crippen LogP contribution in [0.5, 0.6) is 5.75 Å². The van der Waals surface area contributed by atoms with Crippen molar-refractivity contribution in [1.29, 1.82) is 0 Å². The Morgan fingerprint density at radius 1 is 0.846 bits per heavy atom.